The molecule has 0 bridgehead atoms. The first-order valence-corrected chi connectivity index (χ1v) is 7.26. The number of rotatable bonds is 5. The first-order chi connectivity index (χ1) is 8.34. The van der Waals surface area contributed by atoms with Gasteiger partial charge >= 0.3 is 0 Å². The Bertz CT molecular complexity index is 252. The summed E-state index contributed by atoms with van der Waals surface area (Å²) in [6.07, 6.45) is 16.1. The Kier molecular flexibility index (Phi) is 5.24. The summed E-state index contributed by atoms with van der Waals surface area (Å²) in [6, 6.07) is 1.01. The summed E-state index contributed by atoms with van der Waals surface area (Å²) in [5.74, 6) is 0.969. The summed E-state index contributed by atoms with van der Waals surface area (Å²) >= 11 is 0. The van der Waals surface area contributed by atoms with Crippen molar-refractivity contribution in [1.82, 2.24) is 5.32 Å². The lowest BCUT2D eigenvalue weighted by Gasteiger charge is -2.25. The van der Waals surface area contributed by atoms with Gasteiger partial charge < -0.3 is 5.32 Å². The van der Waals surface area contributed by atoms with Crippen molar-refractivity contribution < 1.29 is 0 Å². The highest BCUT2D eigenvalue weighted by Gasteiger charge is 2.16. The van der Waals surface area contributed by atoms with E-state index in [1.165, 1.54) is 38.5 Å². The quantitative estimate of drug-likeness (QED) is 0.725. The first-order valence-electron chi connectivity index (χ1n) is 7.26. The number of nitrogens with one attached hydrogen (secondary N) is 1. The predicted molar refractivity (Wildman–Crippen MR) is 74.7 cm³/mol. The van der Waals surface area contributed by atoms with Gasteiger partial charge in [-0.15, -0.1) is 0 Å². The molecule has 0 spiro atoms. The Balaban J connectivity index is 1.62. The second kappa shape index (κ2) is 6.95. The number of hydrogen-bond acceptors (Lipinski definition) is 2. The van der Waals surface area contributed by atoms with E-state index in [4.69, 9.17) is 0 Å². The molecule has 2 unspecified atom stereocenters. The van der Waals surface area contributed by atoms with Crippen LogP contribution < -0.4 is 5.32 Å². The van der Waals surface area contributed by atoms with E-state index in [2.05, 4.69) is 29.4 Å². The summed E-state index contributed by atoms with van der Waals surface area (Å²) < 4.78 is 0. The van der Waals surface area contributed by atoms with Crippen LogP contribution in [0.2, 0.25) is 0 Å². The molecular formula is C15H26N2. The second-order valence-corrected chi connectivity index (χ2v) is 5.61. The zero-order valence-corrected chi connectivity index (χ0v) is 11.1. The third kappa shape index (κ3) is 4.63. The molecule has 2 rings (SSSR count). The van der Waals surface area contributed by atoms with Crippen LogP contribution in [0, 0.1) is 5.92 Å². The van der Waals surface area contributed by atoms with Crippen molar-refractivity contribution in [2.75, 3.05) is 6.54 Å². The van der Waals surface area contributed by atoms with Gasteiger partial charge in [0.1, 0.15) is 0 Å². The number of dihydropyridines is 1. The van der Waals surface area contributed by atoms with Gasteiger partial charge in [0.15, 0.2) is 0 Å². The van der Waals surface area contributed by atoms with Crippen molar-refractivity contribution in [3.05, 3.63) is 12.2 Å². The average Bonchev–Trinajstić information content (AvgIpc) is 2.39. The van der Waals surface area contributed by atoms with Gasteiger partial charge in [0.05, 0.1) is 6.04 Å². The minimum atomic E-state index is 0.373. The van der Waals surface area contributed by atoms with E-state index in [9.17, 15) is 0 Å². The topological polar surface area (TPSA) is 24.4 Å². The summed E-state index contributed by atoms with van der Waals surface area (Å²) in [6.45, 7) is 3.33. The fraction of sp³-hybridized carbons (Fsp3) is 0.800. The monoisotopic (exact) mass is 234 g/mol. The van der Waals surface area contributed by atoms with Crippen LogP contribution in [0.15, 0.2) is 17.1 Å². The zero-order valence-electron chi connectivity index (χ0n) is 11.1. The normalized spacial score (nSPS) is 27.2. The molecule has 0 saturated heterocycles. The van der Waals surface area contributed by atoms with E-state index in [-0.39, 0.29) is 0 Å². The minimum absolute atomic E-state index is 0.373. The molecule has 1 fully saturated rings. The lowest BCUT2D eigenvalue weighted by atomic mass is 9.85. The summed E-state index contributed by atoms with van der Waals surface area (Å²) in [5, 5.41) is 3.63. The number of aliphatic imine (C=N–C) groups is 1. The minimum Gasteiger partial charge on any atom is -0.312 e. The second-order valence-electron chi connectivity index (χ2n) is 5.61. The van der Waals surface area contributed by atoms with Gasteiger partial charge in [-0.3, -0.25) is 4.99 Å². The van der Waals surface area contributed by atoms with Crippen LogP contribution in [0.25, 0.3) is 0 Å². The first kappa shape index (κ1) is 12.8. The third-order valence-electron chi connectivity index (χ3n) is 3.98. The van der Waals surface area contributed by atoms with Crippen LogP contribution in [0.5, 0.6) is 0 Å². The predicted octanol–water partition coefficient (Wildman–Crippen LogP) is 3.33. The molecule has 1 saturated carbocycles. The third-order valence-corrected chi connectivity index (χ3v) is 3.98. The molecule has 0 aromatic carbocycles. The standard InChI is InChI=1S/C15H26N2/c1-13(11-14-7-3-2-4-8-14)17-12-15-9-5-6-10-16-15/h5,9-10,13-15,17H,2-4,6-8,11-12H2,1H3. The van der Waals surface area contributed by atoms with Crippen LogP contribution in [-0.2, 0) is 0 Å². The molecule has 1 aliphatic heterocycles. The van der Waals surface area contributed by atoms with E-state index in [0.717, 1.165) is 18.9 Å². The van der Waals surface area contributed by atoms with Crippen molar-refractivity contribution in [2.45, 2.75) is 64.0 Å². The van der Waals surface area contributed by atoms with Crippen molar-refractivity contribution in [2.24, 2.45) is 10.9 Å². The maximum Gasteiger partial charge on any atom is 0.0800 e. The molecule has 2 atom stereocenters. The molecule has 0 amide bonds. The number of allylic oxidation sites excluding steroid dienone is 1. The maximum atomic E-state index is 4.47. The molecule has 96 valence electrons. The van der Waals surface area contributed by atoms with Gasteiger partial charge in [0, 0.05) is 25.2 Å². The molecule has 1 heterocycles. The van der Waals surface area contributed by atoms with Crippen LogP contribution in [0.3, 0.4) is 0 Å². The molecule has 2 aliphatic rings. The highest BCUT2D eigenvalue weighted by Crippen LogP contribution is 2.27. The molecule has 1 N–H and O–H groups in total. The molecule has 0 radical (unpaired) electrons. The molecule has 17 heavy (non-hydrogen) atoms. The van der Waals surface area contributed by atoms with Gasteiger partial charge in [-0.05, 0) is 19.3 Å². The Hall–Kier alpha value is -0.630. The zero-order chi connectivity index (χ0) is 11.9. The Morgan fingerprint density at radius 3 is 2.82 bits per heavy atom. The SMILES string of the molecule is CC(CC1CCCCC1)NCC1C=CCC=N1. The lowest BCUT2D eigenvalue weighted by molar-refractivity contribution is 0.305. The Labute approximate surface area is 106 Å². The summed E-state index contributed by atoms with van der Waals surface area (Å²) in [5.41, 5.74) is 0. The largest absolute Gasteiger partial charge is 0.312 e. The van der Waals surface area contributed by atoms with Crippen LogP contribution >= 0.6 is 0 Å². The van der Waals surface area contributed by atoms with E-state index in [1.54, 1.807) is 0 Å². The fourth-order valence-electron chi connectivity index (χ4n) is 2.99. The van der Waals surface area contributed by atoms with Crippen molar-refractivity contribution in [3.8, 4) is 0 Å². The molecule has 2 nitrogen and oxygen atoms in total. The Morgan fingerprint density at radius 1 is 1.29 bits per heavy atom. The van der Waals surface area contributed by atoms with E-state index < -0.39 is 0 Å². The van der Waals surface area contributed by atoms with Crippen molar-refractivity contribution in [1.29, 1.82) is 0 Å². The average molecular weight is 234 g/mol. The van der Waals surface area contributed by atoms with Crippen LogP contribution in [0.1, 0.15) is 51.9 Å². The number of hydrogen-bond donors (Lipinski definition) is 1. The van der Waals surface area contributed by atoms with Crippen molar-refractivity contribution >= 4 is 6.21 Å². The van der Waals surface area contributed by atoms with Gasteiger partial charge in [-0.2, -0.15) is 0 Å². The number of nitrogens with zero attached hydrogens (tertiary/aromatic N) is 1. The maximum absolute atomic E-state index is 4.47. The summed E-state index contributed by atoms with van der Waals surface area (Å²) in [7, 11) is 0. The summed E-state index contributed by atoms with van der Waals surface area (Å²) in [4.78, 5) is 4.47. The van der Waals surface area contributed by atoms with Gasteiger partial charge in [0.2, 0.25) is 0 Å². The fourth-order valence-corrected chi connectivity index (χ4v) is 2.99. The van der Waals surface area contributed by atoms with Gasteiger partial charge in [-0.1, -0.05) is 44.3 Å². The van der Waals surface area contributed by atoms with Crippen LogP contribution in [-0.4, -0.2) is 24.8 Å². The van der Waals surface area contributed by atoms with Gasteiger partial charge in [0.25, 0.3) is 0 Å². The molecule has 0 aromatic heterocycles. The van der Waals surface area contributed by atoms with Crippen LogP contribution in [0.4, 0.5) is 0 Å². The highest BCUT2D eigenvalue weighted by molar-refractivity contribution is 5.61. The highest BCUT2D eigenvalue weighted by atomic mass is 14.9. The van der Waals surface area contributed by atoms with E-state index in [0.29, 0.717) is 12.1 Å². The smallest absolute Gasteiger partial charge is 0.0800 e. The Morgan fingerprint density at radius 2 is 2.12 bits per heavy atom. The van der Waals surface area contributed by atoms with Gasteiger partial charge in [-0.25, -0.2) is 0 Å². The molecular weight excluding hydrogens is 208 g/mol. The van der Waals surface area contributed by atoms with E-state index >= 15 is 0 Å². The molecule has 0 aromatic rings. The van der Waals surface area contributed by atoms with E-state index in [1.807, 2.05) is 6.21 Å². The lowest BCUT2D eigenvalue weighted by Crippen LogP contribution is -2.34. The van der Waals surface area contributed by atoms with Crippen molar-refractivity contribution in [3.63, 3.8) is 0 Å². The molecule has 2 heteroatoms. The molecule has 1 aliphatic carbocycles.